The molecule has 1 atom stereocenters. The fourth-order valence-corrected chi connectivity index (χ4v) is 4.11. The predicted octanol–water partition coefficient (Wildman–Crippen LogP) is 3.89. The second kappa shape index (κ2) is 10.2. The van der Waals surface area contributed by atoms with Crippen LogP contribution in [-0.2, 0) is 22.5 Å². The molecule has 2 N–H and O–H groups in total. The Morgan fingerprint density at radius 1 is 1.28 bits per heavy atom. The first-order chi connectivity index (χ1) is 14.0. The first kappa shape index (κ1) is 21.1. The topological polar surface area (TPSA) is 70.7 Å². The van der Waals surface area contributed by atoms with Gasteiger partial charge in [-0.2, -0.15) is 0 Å². The molecular formula is C22H27N3O3S. The molecule has 2 heterocycles. The van der Waals surface area contributed by atoms with E-state index in [9.17, 15) is 9.59 Å². The summed E-state index contributed by atoms with van der Waals surface area (Å²) in [6.45, 7) is 6.83. The van der Waals surface area contributed by atoms with Crippen LogP contribution in [-0.4, -0.2) is 42.6 Å². The molecule has 2 aromatic rings. The van der Waals surface area contributed by atoms with E-state index in [1.165, 1.54) is 16.5 Å². The molecule has 1 aliphatic rings. The number of carbonyl (C=O) groups is 2. The number of anilines is 1. The van der Waals surface area contributed by atoms with Crippen LogP contribution < -0.4 is 10.6 Å². The number of amides is 2. The number of benzene rings is 1. The van der Waals surface area contributed by atoms with Crippen molar-refractivity contribution < 1.29 is 14.3 Å². The number of carbonyl (C=O) groups excluding carboxylic acids is 2. The van der Waals surface area contributed by atoms with Gasteiger partial charge in [0.15, 0.2) is 0 Å². The first-order valence-corrected chi connectivity index (χ1v) is 10.7. The zero-order valence-corrected chi connectivity index (χ0v) is 17.6. The summed E-state index contributed by atoms with van der Waals surface area (Å²) in [5, 5.41) is 7.95. The smallest absolute Gasteiger partial charge is 0.330 e. The van der Waals surface area contributed by atoms with Gasteiger partial charge in [0, 0.05) is 42.3 Å². The highest BCUT2D eigenvalue weighted by atomic mass is 32.1. The number of rotatable bonds is 7. The number of hydrogen-bond acceptors (Lipinski definition) is 5. The molecule has 0 saturated heterocycles. The van der Waals surface area contributed by atoms with E-state index >= 15 is 0 Å². The van der Waals surface area contributed by atoms with Crippen LogP contribution in [0.25, 0.3) is 6.08 Å². The molecule has 29 heavy (non-hydrogen) atoms. The number of ether oxygens (including phenoxy) is 1. The lowest BCUT2D eigenvalue weighted by molar-refractivity contribution is -0.137. The van der Waals surface area contributed by atoms with E-state index in [1.54, 1.807) is 25.1 Å². The summed E-state index contributed by atoms with van der Waals surface area (Å²) in [6.07, 6.45) is 4.15. The summed E-state index contributed by atoms with van der Waals surface area (Å²) < 4.78 is 4.85. The van der Waals surface area contributed by atoms with Crippen LogP contribution in [0.4, 0.5) is 10.5 Å². The van der Waals surface area contributed by atoms with Crippen LogP contribution in [0.5, 0.6) is 0 Å². The summed E-state index contributed by atoms with van der Waals surface area (Å²) in [5.74, 6) is -0.368. The van der Waals surface area contributed by atoms with E-state index in [1.807, 2.05) is 23.5 Å². The number of hydrogen-bond donors (Lipinski definition) is 2. The van der Waals surface area contributed by atoms with E-state index in [0.29, 0.717) is 18.8 Å². The Hall–Kier alpha value is -2.64. The SMILES string of the molecule is CCOC(=O)C=Cc1ccc(NC(=O)NCC(C)N2CCc3sccc3C2)cc1. The van der Waals surface area contributed by atoms with Crippen molar-refractivity contribution >= 4 is 35.1 Å². The van der Waals surface area contributed by atoms with Gasteiger partial charge in [0.2, 0.25) is 0 Å². The lowest BCUT2D eigenvalue weighted by atomic mass is 10.1. The Bertz CT molecular complexity index is 860. The van der Waals surface area contributed by atoms with E-state index < -0.39 is 0 Å². The molecule has 0 spiro atoms. The number of nitrogens with zero attached hydrogens (tertiary/aromatic N) is 1. The highest BCUT2D eigenvalue weighted by molar-refractivity contribution is 7.10. The molecule has 1 aromatic heterocycles. The van der Waals surface area contributed by atoms with E-state index in [0.717, 1.165) is 25.1 Å². The Morgan fingerprint density at radius 3 is 2.83 bits per heavy atom. The van der Waals surface area contributed by atoms with Gasteiger partial charge in [0.05, 0.1) is 6.61 Å². The summed E-state index contributed by atoms with van der Waals surface area (Å²) in [5.41, 5.74) is 2.97. The molecule has 0 fully saturated rings. The molecule has 2 amide bonds. The van der Waals surface area contributed by atoms with E-state index in [2.05, 4.69) is 33.9 Å². The zero-order chi connectivity index (χ0) is 20.6. The van der Waals surface area contributed by atoms with Gasteiger partial charge in [0.25, 0.3) is 0 Å². The summed E-state index contributed by atoms with van der Waals surface area (Å²) in [7, 11) is 0. The van der Waals surface area contributed by atoms with Crippen LogP contribution in [0.3, 0.4) is 0 Å². The number of nitrogens with one attached hydrogen (secondary N) is 2. The maximum absolute atomic E-state index is 12.2. The van der Waals surface area contributed by atoms with Crippen molar-refractivity contribution in [3.05, 3.63) is 57.8 Å². The van der Waals surface area contributed by atoms with Crippen molar-refractivity contribution in [2.75, 3.05) is 25.0 Å². The molecule has 0 bridgehead atoms. The monoisotopic (exact) mass is 413 g/mol. The third kappa shape index (κ3) is 6.17. The van der Waals surface area contributed by atoms with Crippen LogP contribution in [0.1, 0.15) is 29.9 Å². The Kier molecular flexibility index (Phi) is 7.43. The van der Waals surface area contributed by atoms with Crippen molar-refractivity contribution in [1.29, 1.82) is 0 Å². The van der Waals surface area contributed by atoms with Gasteiger partial charge in [-0.25, -0.2) is 9.59 Å². The number of fused-ring (bicyclic) bond motifs is 1. The molecule has 154 valence electrons. The third-order valence-electron chi connectivity index (χ3n) is 4.89. The van der Waals surface area contributed by atoms with Gasteiger partial charge in [-0.05, 0) is 61.1 Å². The Morgan fingerprint density at radius 2 is 2.07 bits per heavy atom. The molecule has 0 saturated carbocycles. The van der Waals surface area contributed by atoms with Gasteiger partial charge < -0.3 is 15.4 Å². The standard InChI is InChI=1S/C22H27N3O3S/c1-3-28-21(26)9-6-17-4-7-19(8-5-17)24-22(27)23-14-16(2)25-12-10-20-18(15-25)11-13-29-20/h4-9,11,13,16H,3,10,12,14-15H2,1-2H3,(H2,23,24,27). The van der Waals surface area contributed by atoms with Crippen LogP contribution in [0.15, 0.2) is 41.8 Å². The minimum atomic E-state index is -0.368. The lowest BCUT2D eigenvalue weighted by Gasteiger charge is -2.32. The maximum Gasteiger partial charge on any atom is 0.330 e. The Balaban J connectivity index is 1.43. The largest absolute Gasteiger partial charge is 0.463 e. The van der Waals surface area contributed by atoms with Gasteiger partial charge in [-0.1, -0.05) is 12.1 Å². The molecule has 0 aliphatic carbocycles. The number of esters is 1. The van der Waals surface area contributed by atoms with Crippen molar-refractivity contribution in [1.82, 2.24) is 10.2 Å². The molecule has 3 rings (SSSR count). The van der Waals surface area contributed by atoms with Crippen molar-refractivity contribution in [2.24, 2.45) is 0 Å². The van der Waals surface area contributed by atoms with Gasteiger partial charge in [-0.3, -0.25) is 4.90 Å². The number of thiophene rings is 1. The van der Waals surface area contributed by atoms with Crippen molar-refractivity contribution in [2.45, 2.75) is 32.9 Å². The van der Waals surface area contributed by atoms with Crippen molar-refractivity contribution in [3.63, 3.8) is 0 Å². The zero-order valence-electron chi connectivity index (χ0n) is 16.8. The summed E-state index contributed by atoms with van der Waals surface area (Å²) in [4.78, 5) is 27.4. The highest BCUT2D eigenvalue weighted by Gasteiger charge is 2.21. The third-order valence-corrected chi connectivity index (χ3v) is 5.91. The molecular weight excluding hydrogens is 386 g/mol. The predicted molar refractivity (Wildman–Crippen MR) is 117 cm³/mol. The molecule has 1 aliphatic heterocycles. The van der Waals surface area contributed by atoms with Crippen LogP contribution in [0, 0.1) is 0 Å². The average Bonchev–Trinajstić information content (AvgIpc) is 3.19. The molecule has 6 nitrogen and oxygen atoms in total. The summed E-state index contributed by atoms with van der Waals surface area (Å²) >= 11 is 1.83. The first-order valence-electron chi connectivity index (χ1n) is 9.84. The van der Waals surface area contributed by atoms with Gasteiger partial charge in [-0.15, -0.1) is 11.3 Å². The lowest BCUT2D eigenvalue weighted by Crippen LogP contribution is -2.45. The van der Waals surface area contributed by atoms with Gasteiger partial charge in [0.1, 0.15) is 0 Å². The van der Waals surface area contributed by atoms with Crippen LogP contribution in [0.2, 0.25) is 0 Å². The fraction of sp³-hybridized carbons (Fsp3) is 0.364. The minimum Gasteiger partial charge on any atom is -0.463 e. The second-order valence-corrected chi connectivity index (χ2v) is 7.98. The minimum absolute atomic E-state index is 0.222. The van der Waals surface area contributed by atoms with Gasteiger partial charge >= 0.3 is 12.0 Å². The second-order valence-electron chi connectivity index (χ2n) is 6.98. The maximum atomic E-state index is 12.2. The van der Waals surface area contributed by atoms with E-state index in [-0.39, 0.29) is 18.0 Å². The highest BCUT2D eigenvalue weighted by Crippen LogP contribution is 2.25. The quantitative estimate of drug-likeness (QED) is 0.534. The van der Waals surface area contributed by atoms with Crippen molar-refractivity contribution in [3.8, 4) is 0 Å². The molecule has 0 radical (unpaired) electrons. The number of urea groups is 1. The normalized spacial score (nSPS) is 15.0. The fourth-order valence-electron chi connectivity index (χ4n) is 3.22. The molecule has 1 unspecified atom stereocenters. The molecule has 7 heteroatoms. The summed E-state index contributed by atoms with van der Waals surface area (Å²) in [6, 6.07) is 9.52. The average molecular weight is 414 g/mol. The van der Waals surface area contributed by atoms with E-state index in [4.69, 9.17) is 4.74 Å². The molecule has 1 aromatic carbocycles. The Labute approximate surface area is 175 Å². The van der Waals surface area contributed by atoms with Crippen LogP contribution >= 0.6 is 11.3 Å².